The highest BCUT2D eigenvalue weighted by atomic mass is 32.2. The van der Waals surface area contributed by atoms with E-state index in [0.29, 0.717) is 13.1 Å². The summed E-state index contributed by atoms with van der Waals surface area (Å²) in [5.41, 5.74) is 0. The Morgan fingerprint density at radius 3 is 2.29 bits per heavy atom. The highest BCUT2D eigenvalue weighted by Gasteiger charge is 2.23. The Morgan fingerprint density at radius 1 is 1.05 bits per heavy atom. The maximum absolute atomic E-state index is 12.4. The molecule has 0 aromatic heterocycles. The maximum Gasteiger partial charge on any atom is 0.281 e. The topological polar surface area (TPSA) is 55.9 Å². The molecule has 0 atom stereocenters. The van der Waals surface area contributed by atoms with Gasteiger partial charge in [-0.05, 0) is 51.9 Å². The monoisotopic (exact) mass is 320 g/mol. The number of nitrogens with one attached hydrogen (secondary N) is 1. The normalized spacial score (nSPS) is 17.2. The van der Waals surface area contributed by atoms with E-state index in [1.54, 1.807) is 14.1 Å². The van der Waals surface area contributed by atoms with E-state index in [4.69, 9.17) is 0 Å². The average molecular weight is 321 g/mol. The van der Waals surface area contributed by atoms with Crippen LogP contribution in [-0.2, 0) is 10.2 Å². The summed E-state index contributed by atoms with van der Waals surface area (Å²) in [4.78, 5) is 2.33. The molecular weight excluding hydrogens is 288 g/mol. The molecule has 1 saturated heterocycles. The summed E-state index contributed by atoms with van der Waals surface area (Å²) < 4.78 is 27.7. The summed E-state index contributed by atoms with van der Waals surface area (Å²) in [6, 6.07) is 0. The van der Waals surface area contributed by atoms with Gasteiger partial charge in [0.2, 0.25) is 0 Å². The molecule has 21 heavy (non-hydrogen) atoms. The lowest BCUT2D eigenvalue weighted by molar-refractivity contribution is 0.300. The van der Waals surface area contributed by atoms with E-state index in [1.807, 2.05) is 0 Å². The van der Waals surface area contributed by atoms with E-state index < -0.39 is 10.2 Å². The molecule has 1 rings (SSSR count). The fourth-order valence-corrected chi connectivity index (χ4v) is 3.63. The van der Waals surface area contributed by atoms with Gasteiger partial charge in [-0.1, -0.05) is 6.92 Å². The summed E-state index contributed by atoms with van der Waals surface area (Å²) in [5, 5.41) is 3.29. The number of nitrogens with zero attached hydrogens (tertiary/aromatic N) is 3. The Kier molecular flexibility index (Phi) is 8.73. The minimum absolute atomic E-state index is 0.563. The highest BCUT2D eigenvalue weighted by Crippen LogP contribution is 2.09. The predicted octanol–water partition coefficient (Wildman–Crippen LogP) is 0.580. The zero-order valence-corrected chi connectivity index (χ0v) is 14.7. The largest absolute Gasteiger partial charge is 0.317 e. The van der Waals surface area contributed by atoms with Gasteiger partial charge in [-0.3, -0.25) is 0 Å². The highest BCUT2D eigenvalue weighted by molar-refractivity contribution is 7.86. The van der Waals surface area contributed by atoms with Gasteiger partial charge < -0.3 is 10.2 Å². The molecule has 0 radical (unpaired) electrons. The van der Waals surface area contributed by atoms with E-state index in [1.165, 1.54) is 21.5 Å². The first kappa shape index (κ1) is 18.8. The van der Waals surface area contributed by atoms with Crippen molar-refractivity contribution < 1.29 is 8.42 Å². The Bertz CT molecular complexity index is 369. The van der Waals surface area contributed by atoms with Gasteiger partial charge in [-0.25, -0.2) is 0 Å². The third-order valence-electron chi connectivity index (χ3n) is 3.97. The van der Waals surface area contributed by atoms with E-state index in [2.05, 4.69) is 17.1 Å². The van der Waals surface area contributed by atoms with Crippen LogP contribution in [0.4, 0.5) is 0 Å². The zero-order valence-electron chi connectivity index (χ0n) is 13.8. The van der Waals surface area contributed by atoms with Crippen LogP contribution in [0.25, 0.3) is 0 Å². The van der Waals surface area contributed by atoms with Gasteiger partial charge in [0.05, 0.1) is 0 Å². The first-order valence-electron chi connectivity index (χ1n) is 8.09. The van der Waals surface area contributed by atoms with Crippen LogP contribution in [0, 0.1) is 0 Å². The molecule has 1 aliphatic heterocycles. The quantitative estimate of drug-likeness (QED) is 0.566. The minimum atomic E-state index is -3.31. The second kappa shape index (κ2) is 9.74. The smallest absolute Gasteiger partial charge is 0.281 e. The van der Waals surface area contributed by atoms with E-state index >= 15 is 0 Å². The number of rotatable bonds is 11. The van der Waals surface area contributed by atoms with Crippen molar-refractivity contribution in [2.24, 2.45) is 0 Å². The SMILES string of the molecule is CCCNCCCN(C)S(=O)(=O)N(C)CCN1CCCC1. The Hall–Kier alpha value is -0.210. The first-order chi connectivity index (χ1) is 9.98. The first-order valence-corrected chi connectivity index (χ1v) is 9.49. The lowest BCUT2D eigenvalue weighted by Crippen LogP contribution is -2.43. The summed E-state index contributed by atoms with van der Waals surface area (Å²) in [6.45, 7) is 8.16. The van der Waals surface area contributed by atoms with Crippen molar-refractivity contribution in [2.75, 3.05) is 59.9 Å². The van der Waals surface area contributed by atoms with Crippen LogP contribution >= 0.6 is 0 Å². The van der Waals surface area contributed by atoms with Crippen LogP contribution in [0.5, 0.6) is 0 Å². The van der Waals surface area contributed by atoms with E-state index in [0.717, 1.165) is 45.6 Å². The summed E-state index contributed by atoms with van der Waals surface area (Å²) in [7, 11) is 0.0348. The molecule has 0 aliphatic carbocycles. The Balaban J connectivity index is 2.28. The second-order valence-corrected chi connectivity index (χ2v) is 7.95. The molecule has 1 heterocycles. The van der Waals surface area contributed by atoms with Crippen molar-refractivity contribution in [3.8, 4) is 0 Å². The molecule has 0 aromatic rings. The maximum atomic E-state index is 12.4. The molecule has 0 bridgehead atoms. The number of likely N-dealkylation sites (tertiary alicyclic amines) is 1. The van der Waals surface area contributed by atoms with Crippen molar-refractivity contribution in [2.45, 2.75) is 32.6 Å². The van der Waals surface area contributed by atoms with Gasteiger partial charge in [-0.2, -0.15) is 17.0 Å². The van der Waals surface area contributed by atoms with Crippen LogP contribution in [-0.4, -0.2) is 81.8 Å². The van der Waals surface area contributed by atoms with Crippen LogP contribution in [0.2, 0.25) is 0 Å². The fraction of sp³-hybridized carbons (Fsp3) is 1.00. The molecule has 0 unspecified atom stereocenters. The molecule has 0 spiro atoms. The predicted molar refractivity (Wildman–Crippen MR) is 87.6 cm³/mol. The summed E-state index contributed by atoms with van der Waals surface area (Å²) >= 11 is 0. The summed E-state index contributed by atoms with van der Waals surface area (Å²) in [5.74, 6) is 0. The molecule has 7 heteroatoms. The number of hydrogen-bond acceptors (Lipinski definition) is 4. The van der Waals surface area contributed by atoms with Crippen LogP contribution in [0.3, 0.4) is 0 Å². The number of hydrogen-bond donors (Lipinski definition) is 1. The average Bonchev–Trinajstić information content (AvgIpc) is 2.97. The van der Waals surface area contributed by atoms with Crippen molar-refractivity contribution in [3.63, 3.8) is 0 Å². The molecule has 6 nitrogen and oxygen atoms in total. The lowest BCUT2D eigenvalue weighted by atomic mass is 10.4. The molecular formula is C14H32N4O2S. The molecule has 0 aromatic carbocycles. The standard InChI is InChI=1S/C14H32N4O2S/c1-4-8-15-9-7-10-16(2)21(19,20)17(3)13-14-18-11-5-6-12-18/h15H,4-14H2,1-3H3. The lowest BCUT2D eigenvalue weighted by Gasteiger charge is -2.26. The van der Waals surface area contributed by atoms with Crippen molar-refractivity contribution in [1.82, 2.24) is 18.8 Å². The zero-order chi connectivity index (χ0) is 15.7. The van der Waals surface area contributed by atoms with Crippen LogP contribution < -0.4 is 5.32 Å². The molecule has 0 saturated carbocycles. The van der Waals surface area contributed by atoms with Gasteiger partial charge in [0.25, 0.3) is 10.2 Å². The second-order valence-electron chi connectivity index (χ2n) is 5.80. The Labute approximate surface area is 130 Å². The van der Waals surface area contributed by atoms with Gasteiger partial charge in [0.1, 0.15) is 0 Å². The van der Waals surface area contributed by atoms with Gasteiger partial charge in [-0.15, -0.1) is 0 Å². The van der Waals surface area contributed by atoms with Crippen LogP contribution in [0.1, 0.15) is 32.6 Å². The third kappa shape index (κ3) is 6.61. The van der Waals surface area contributed by atoms with E-state index in [-0.39, 0.29) is 0 Å². The molecule has 1 fully saturated rings. The molecule has 126 valence electrons. The Morgan fingerprint density at radius 2 is 1.67 bits per heavy atom. The van der Waals surface area contributed by atoms with Gasteiger partial charge in [0.15, 0.2) is 0 Å². The molecule has 1 N–H and O–H groups in total. The van der Waals surface area contributed by atoms with Crippen molar-refractivity contribution in [3.05, 3.63) is 0 Å². The molecule has 1 aliphatic rings. The van der Waals surface area contributed by atoms with Gasteiger partial charge >= 0.3 is 0 Å². The number of likely N-dealkylation sites (N-methyl/N-ethyl adjacent to an activating group) is 1. The van der Waals surface area contributed by atoms with Crippen LogP contribution in [0.15, 0.2) is 0 Å². The van der Waals surface area contributed by atoms with Crippen molar-refractivity contribution >= 4 is 10.2 Å². The van der Waals surface area contributed by atoms with E-state index in [9.17, 15) is 8.42 Å². The van der Waals surface area contributed by atoms with Crippen molar-refractivity contribution in [1.29, 1.82) is 0 Å². The fourth-order valence-electron chi connectivity index (χ4n) is 2.49. The summed E-state index contributed by atoms with van der Waals surface area (Å²) in [6.07, 6.45) is 4.42. The van der Waals surface area contributed by atoms with Gasteiger partial charge in [0, 0.05) is 33.7 Å². The third-order valence-corrected chi connectivity index (χ3v) is 5.91. The minimum Gasteiger partial charge on any atom is -0.317 e. The molecule has 0 amide bonds.